The molecule has 0 fully saturated rings. The number of fused-ring (bicyclic) bond motifs is 1. The van der Waals surface area contributed by atoms with E-state index in [0.717, 1.165) is 34.1 Å². The van der Waals surface area contributed by atoms with Gasteiger partial charge >= 0.3 is 5.97 Å². The average molecular weight is 331 g/mol. The largest absolute Gasteiger partial charge is 0.477 e. The molecule has 2 N–H and O–H groups in total. The van der Waals surface area contributed by atoms with Crippen LogP contribution in [0.2, 0.25) is 0 Å². The number of aromatic amines is 1. The van der Waals surface area contributed by atoms with E-state index in [9.17, 15) is 9.90 Å². The van der Waals surface area contributed by atoms with Crippen molar-refractivity contribution in [2.75, 3.05) is 0 Å². The first-order valence-corrected chi connectivity index (χ1v) is 8.03. The number of aromatic carboxylic acids is 1. The van der Waals surface area contributed by atoms with Crippen molar-refractivity contribution in [1.29, 1.82) is 0 Å². The Kier molecular flexibility index (Phi) is 3.61. The van der Waals surface area contributed by atoms with Crippen LogP contribution in [0.1, 0.15) is 21.6 Å². The number of carboxylic acids is 1. The van der Waals surface area contributed by atoms with Crippen molar-refractivity contribution in [3.63, 3.8) is 0 Å². The van der Waals surface area contributed by atoms with Crippen LogP contribution < -0.4 is 0 Å². The SMILES string of the molecule is Cc1cc(-c2cccc(Cn3cccn3)c2)cc2cc(C(=O)O)[nH]c12. The van der Waals surface area contributed by atoms with Crippen LogP contribution in [0.5, 0.6) is 0 Å². The van der Waals surface area contributed by atoms with Gasteiger partial charge in [0.1, 0.15) is 5.69 Å². The van der Waals surface area contributed by atoms with Crippen LogP contribution in [-0.4, -0.2) is 25.8 Å². The fraction of sp³-hybridized carbons (Fsp3) is 0.100. The normalized spacial score (nSPS) is 11.1. The van der Waals surface area contributed by atoms with Crippen LogP contribution in [0, 0.1) is 6.92 Å². The van der Waals surface area contributed by atoms with Gasteiger partial charge in [0.05, 0.1) is 6.54 Å². The van der Waals surface area contributed by atoms with E-state index < -0.39 is 5.97 Å². The Morgan fingerprint density at radius 2 is 2.04 bits per heavy atom. The van der Waals surface area contributed by atoms with Crippen molar-refractivity contribution < 1.29 is 9.90 Å². The Morgan fingerprint density at radius 3 is 2.80 bits per heavy atom. The molecule has 0 atom stereocenters. The second-order valence-corrected chi connectivity index (χ2v) is 6.15. The first-order chi connectivity index (χ1) is 12.1. The Labute approximate surface area is 144 Å². The summed E-state index contributed by atoms with van der Waals surface area (Å²) < 4.78 is 1.89. The Balaban J connectivity index is 1.75. The molecule has 25 heavy (non-hydrogen) atoms. The lowest BCUT2D eigenvalue weighted by Crippen LogP contribution is -1.99. The van der Waals surface area contributed by atoms with Gasteiger partial charge in [-0.3, -0.25) is 4.68 Å². The summed E-state index contributed by atoms with van der Waals surface area (Å²) in [6.45, 7) is 2.71. The number of aryl methyl sites for hydroxylation is 1. The molecular weight excluding hydrogens is 314 g/mol. The molecule has 0 saturated carbocycles. The summed E-state index contributed by atoms with van der Waals surface area (Å²) in [5, 5.41) is 14.3. The van der Waals surface area contributed by atoms with Crippen molar-refractivity contribution in [2.24, 2.45) is 0 Å². The van der Waals surface area contributed by atoms with Crippen LogP contribution in [0.15, 0.2) is 60.9 Å². The predicted octanol–water partition coefficient (Wildman–Crippen LogP) is 4.09. The monoisotopic (exact) mass is 331 g/mol. The fourth-order valence-corrected chi connectivity index (χ4v) is 3.14. The van der Waals surface area contributed by atoms with Gasteiger partial charge in [-0.2, -0.15) is 5.10 Å². The van der Waals surface area contributed by atoms with Gasteiger partial charge in [-0.05, 0) is 59.5 Å². The minimum atomic E-state index is -0.946. The zero-order valence-corrected chi connectivity index (χ0v) is 13.7. The number of benzene rings is 2. The molecule has 0 aliphatic carbocycles. The van der Waals surface area contributed by atoms with Crippen LogP contribution in [0.4, 0.5) is 0 Å². The fourth-order valence-electron chi connectivity index (χ4n) is 3.14. The zero-order chi connectivity index (χ0) is 17.4. The first-order valence-electron chi connectivity index (χ1n) is 8.03. The van der Waals surface area contributed by atoms with E-state index in [0.29, 0.717) is 0 Å². The van der Waals surface area contributed by atoms with Gasteiger partial charge in [0.2, 0.25) is 0 Å². The number of carboxylic acid groups (broad SMARTS) is 1. The molecule has 5 heteroatoms. The zero-order valence-electron chi connectivity index (χ0n) is 13.7. The quantitative estimate of drug-likeness (QED) is 0.592. The van der Waals surface area contributed by atoms with Gasteiger partial charge in [0.15, 0.2) is 0 Å². The molecule has 5 nitrogen and oxygen atoms in total. The highest BCUT2D eigenvalue weighted by Gasteiger charge is 2.11. The maximum atomic E-state index is 11.2. The molecule has 0 saturated heterocycles. The Bertz CT molecular complexity index is 1060. The van der Waals surface area contributed by atoms with E-state index in [1.807, 2.05) is 36.0 Å². The number of hydrogen-bond acceptors (Lipinski definition) is 2. The lowest BCUT2D eigenvalue weighted by Gasteiger charge is -2.08. The number of carbonyl (C=O) groups is 1. The van der Waals surface area contributed by atoms with Crippen molar-refractivity contribution >= 4 is 16.9 Å². The third-order valence-electron chi connectivity index (χ3n) is 4.32. The van der Waals surface area contributed by atoms with Gasteiger partial charge < -0.3 is 10.1 Å². The summed E-state index contributed by atoms with van der Waals surface area (Å²) in [6.07, 6.45) is 3.71. The van der Waals surface area contributed by atoms with E-state index in [2.05, 4.69) is 34.3 Å². The molecule has 0 amide bonds. The van der Waals surface area contributed by atoms with Crippen LogP contribution >= 0.6 is 0 Å². The second kappa shape index (κ2) is 5.94. The third kappa shape index (κ3) is 2.92. The van der Waals surface area contributed by atoms with Crippen molar-refractivity contribution in [3.05, 3.63) is 77.7 Å². The Hall–Kier alpha value is -3.34. The van der Waals surface area contributed by atoms with E-state index in [1.165, 1.54) is 5.56 Å². The number of rotatable bonds is 4. The first kappa shape index (κ1) is 15.2. The van der Waals surface area contributed by atoms with Gasteiger partial charge in [-0.25, -0.2) is 4.79 Å². The van der Waals surface area contributed by atoms with Gasteiger partial charge in [-0.1, -0.05) is 18.2 Å². The summed E-state index contributed by atoms with van der Waals surface area (Å²) in [5.74, 6) is -0.946. The van der Waals surface area contributed by atoms with Gasteiger partial charge in [0, 0.05) is 23.3 Å². The molecular formula is C20H17N3O2. The molecule has 0 aliphatic rings. The van der Waals surface area contributed by atoms with Gasteiger partial charge in [-0.15, -0.1) is 0 Å². The third-order valence-corrected chi connectivity index (χ3v) is 4.32. The molecule has 0 radical (unpaired) electrons. The summed E-state index contributed by atoms with van der Waals surface area (Å²) in [4.78, 5) is 14.2. The number of aromatic nitrogens is 3. The molecule has 4 aromatic rings. The van der Waals surface area contributed by atoms with E-state index in [4.69, 9.17) is 0 Å². The van der Waals surface area contributed by atoms with Crippen LogP contribution in [-0.2, 0) is 6.54 Å². The summed E-state index contributed by atoms with van der Waals surface area (Å²) in [5.41, 5.74) is 5.45. The van der Waals surface area contributed by atoms with E-state index in [1.54, 1.807) is 12.3 Å². The second-order valence-electron chi connectivity index (χ2n) is 6.15. The molecule has 0 unspecified atom stereocenters. The van der Waals surface area contributed by atoms with Crippen molar-refractivity contribution in [2.45, 2.75) is 13.5 Å². The summed E-state index contributed by atoms with van der Waals surface area (Å²) >= 11 is 0. The molecule has 0 spiro atoms. The topological polar surface area (TPSA) is 70.9 Å². The predicted molar refractivity (Wildman–Crippen MR) is 96.8 cm³/mol. The maximum absolute atomic E-state index is 11.2. The van der Waals surface area contributed by atoms with Crippen molar-refractivity contribution in [1.82, 2.24) is 14.8 Å². The lowest BCUT2D eigenvalue weighted by atomic mass is 9.99. The molecule has 124 valence electrons. The van der Waals surface area contributed by atoms with Crippen LogP contribution in [0.25, 0.3) is 22.0 Å². The van der Waals surface area contributed by atoms with E-state index in [-0.39, 0.29) is 5.69 Å². The number of H-pyrrole nitrogens is 1. The molecule has 0 aliphatic heterocycles. The van der Waals surface area contributed by atoms with Gasteiger partial charge in [0.25, 0.3) is 0 Å². The number of hydrogen-bond donors (Lipinski definition) is 2. The molecule has 4 rings (SSSR count). The minimum absolute atomic E-state index is 0.211. The molecule has 0 bridgehead atoms. The average Bonchev–Trinajstić information content (AvgIpc) is 3.24. The van der Waals surface area contributed by atoms with Crippen molar-refractivity contribution in [3.8, 4) is 11.1 Å². The molecule has 2 heterocycles. The smallest absolute Gasteiger partial charge is 0.352 e. The highest BCUT2D eigenvalue weighted by Crippen LogP contribution is 2.28. The number of nitrogens with zero attached hydrogens (tertiary/aromatic N) is 2. The summed E-state index contributed by atoms with van der Waals surface area (Å²) in [7, 11) is 0. The minimum Gasteiger partial charge on any atom is -0.477 e. The Morgan fingerprint density at radius 1 is 1.16 bits per heavy atom. The maximum Gasteiger partial charge on any atom is 0.352 e. The number of nitrogens with one attached hydrogen (secondary N) is 1. The lowest BCUT2D eigenvalue weighted by molar-refractivity contribution is 0.0691. The van der Waals surface area contributed by atoms with Crippen LogP contribution in [0.3, 0.4) is 0 Å². The molecule has 2 aromatic heterocycles. The van der Waals surface area contributed by atoms with E-state index >= 15 is 0 Å². The standard InChI is InChI=1S/C20H17N3O2/c1-13-8-16(10-17-11-18(20(24)25)22-19(13)17)15-5-2-4-14(9-15)12-23-7-3-6-21-23/h2-11,22H,12H2,1H3,(H,24,25). The summed E-state index contributed by atoms with van der Waals surface area (Å²) in [6, 6.07) is 16.0. The highest BCUT2D eigenvalue weighted by molar-refractivity contribution is 5.96. The molecule has 2 aromatic carbocycles. The highest BCUT2D eigenvalue weighted by atomic mass is 16.4.